The smallest absolute Gasteiger partial charge is 0.265 e. The minimum absolute atomic E-state index is 0.196. The van der Waals surface area contributed by atoms with Crippen molar-refractivity contribution in [2.24, 2.45) is 0 Å². The summed E-state index contributed by atoms with van der Waals surface area (Å²) in [5, 5.41) is 5.72. The first kappa shape index (κ1) is 20.1. The number of amides is 2. The fourth-order valence-corrected chi connectivity index (χ4v) is 2.86. The van der Waals surface area contributed by atoms with Crippen LogP contribution in [0, 0.1) is 13.8 Å². The topological polar surface area (TPSA) is 67.4 Å². The van der Waals surface area contributed by atoms with Crippen LogP contribution in [0.4, 0.5) is 11.4 Å². The molecule has 3 rings (SSSR count). The molecule has 29 heavy (non-hydrogen) atoms. The van der Waals surface area contributed by atoms with Gasteiger partial charge in [0.25, 0.3) is 11.8 Å². The highest BCUT2D eigenvalue weighted by Gasteiger charge is 2.15. The summed E-state index contributed by atoms with van der Waals surface area (Å²) in [6.07, 6.45) is -0.676. The van der Waals surface area contributed by atoms with Crippen LogP contribution in [0.5, 0.6) is 5.75 Å². The van der Waals surface area contributed by atoms with E-state index in [-0.39, 0.29) is 11.8 Å². The average molecular weight is 388 g/mol. The summed E-state index contributed by atoms with van der Waals surface area (Å²) in [5.74, 6) is 0.0787. The molecular weight excluding hydrogens is 364 g/mol. The van der Waals surface area contributed by atoms with Crippen molar-refractivity contribution in [2.75, 3.05) is 10.6 Å². The highest BCUT2D eigenvalue weighted by atomic mass is 16.5. The van der Waals surface area contributed by atoms with E-state index in [0.717, 1.165) is 16.8 Å². The number of hydrogen-bond acceptors (Lipinski definition) is 3. The predicted molar refractivity (Wildman–Crippen MR) is 115 cm³/mol. The first-order chi connectivity index (χ1) is 13.9. The Labute approximate surface area is 170 Å². The fraction of sp³-hybridized carbons (Fsp3) is 0.167. The maximum atomic E-state index is 12.5. The van der Waals surface area contributed by atoms with Gasteiger partial charge in [0.05, 0.1) is 0 Å². The van der Waals surface area contributed by atoms with Gasteiger partial charge < -0.3 is 15.4 Å². The zero-order valence-corrected chi connectivity index (χ0v) is 16.7. The molecule has 0 aliphatic rings. The molecule has 0 spiro atoms. The summed E-state index contributed by atoms with van der Waals surface area (Å²) < 4.78 is 5.69. The lowest BCUT2D eigenvalue weighted by Crippen LogP contribution is -2.30. The molecule has 5 heteroatoms. The monoisotopic (exact) mass is 388 g/mol. The molecule has 0 heterocycles. The van der Waals surface area contributed by atoms with Crippen molar-refractivity contribution >= 4 is 23.2 Å². The Morgan fingerprint density at radius 2 is 1.55 bits per heavy atom. The summed E-state index contributed by atoms with van der Waals surface area (Å²) in [6.45, 7) is 5.65. The van der Waals surface area contributed by atoms with Crippen LogP contribution in [0.25, 0.3) is 0 Å². The number of ether oxygens (including phenoxy) is 1. The quantitative estimate of drug-likeness (QED) is 0.627. The number of anilines is 2. The average Bonchev–Trinajstić information content (AvgIpc) is 2.71. The van der Waals surface area contributed by atoms with Crippen LogP contribution in [0.2, 0.25) is 0 Å². The van der Waals surface area contributed by atoms with Crippen molar-refractivity contribution in [1.29, 1.82) is 0 Å². The molecule has 3 aromatic carbocycles. The predicted octanol–water partition coefficient (Wildman–Crippen LogP) is 4.96. The van der Waals surface area contributed by atoms with E-state index in [9.17, 15) is 9.59 Å². The minimum atomic E-state index is -0.676. The molecule has 1 atom stereocenters. The second-order valence-corrected chi connectivity index (χ2v) is 6.91. The van der Waals surface area contributed by atoms with E-state index in [0.29, 0.717) is 17.0 Å². The Hall–Kier alpha value is -3.60. The maximum Gasteiger partial charge on any atom is 0.265 e. The van der Waals surface area contributed by atoms with Gasteiger partial charge in [-0.3, -0.25) is 9.59 Å². The molecule has 148 valence electrons. The van der Waals surface area contributed by atoms with E-state index in [1.165, 1.54) is 0 Å². The molecular formula is C24H24N2O3. The van der Waals surface area contributed by atoms with Gasteiger partial charge in [0.15, 0.2) is 6.10 Å². The van der Waals surface area contributed by atoms with E-state index < -0.39 is 6.10 Å². The molecule has 0 aromatic heterocycles. The van der Waals surface area contributed by atoms with Gasteiger partial charge in [0.2, 0.25) is 0 Å². The number of nitrogens with one attached hydrogen (secondary N) is 2. The van der Waals surface area contributed by atoms with Gasteiger partial charge in [-0.2, -0.15) is 0 Å². The Bertz CT molecular complexity index is 998. The van der Waals surface area contributed by atoms with Gasteiger partial charge in [0.1, 0.15) is 5.75 Å². The molecule has 0 bridgehead atoms. The number of hydrogen-bond donors (Lipinski definition) is 2. The third-order valence-electron chi connectivity index (χ3n) is 4.47. The van der Waals surface area contributed by atoms with Crippen molar-refractivity contribution in [3.05, 3.63) is 89.5 Å². The highest BCUT2D eigenvalue weighted by molar-refractivity contribution is 6.04. The number of carbonyl (C=O) groups excluding carboxylic acids is 2. The van der Waals surface area contributed by atoms with Crippen LogP contribution < -0.4 is 15.4 Å². The molecule has 0 radical (unpaired) electrons. The third kappa shape index (κ3) is 5.45. The molecule has 5 nitrogen and oxygen atoms in total. The van der Waals surface area contributed by atoms with E-state index in [1.807, 2.05) is 62.4 Å². The number of carbonyl (C=O) groups is 2. The lowest BCUT2D eigenvalue weighted by atomic mass is 10.1. The van der Waals surface area contributed by atoms with Crippen LogP contribution >= 0.6 is 0 Å². The molecule has 2 N–H and O–H groups in total. The number of para-hydroxylation sites is 1. The summed E-state index contributed by atoms with van der Waals surface area (Å²) in [6, 6.07) is 21.8. The lowest BCUT2D eigenvalue weighted by Gasteiger charge is -2.15. The largest absolute Gasteiger partial charge is 0.481 e. The van der Waals surface area contributed by atoms with Gasteiger partial charge >= 0.3 is 0 Å². The van der Waals surface area contributed by atoms with Crippen LogP contribution in [0.15, 0.2) is 72.8 Å². The lowest BCUT2D eigenvalue weighted by molar-refractivity contribution is -0.122. The van der Waals surface area contributed by atoms with Crippen LogP contribution in [0.1, 0.15) is 28.4 Å². The van der Waals surface area contributed by atoms with E-state index in [2.05, 4.69) is 10.6 Å². The van der Waals surface area contributed by atoms with Crippen molar-refractivity contribution in [2.45, 2.75) is 26.9 Å². The molecule has 0 aliphatic carbocycles. The Morgan fingerprint density at radius 3 is 2.21 bits per heavy atom. The van der Waals surface area contributed by atoms with Crippen molar-refractivity contribution < 1.29 is 14.3 Å². The zero-order valence-electron chi connectivity index (χ0n) is 16.7. The van der Waals surface area contributed by atoms with Crippen LogP contribution in [-0.4, -0.2) is 17.9 Å². The van der Waals surface area contributed by atoms with Crippen molar-refractivity contribution in [1.82, 2.24) is 0 Å². The number of aryl methyl sites for hydroxylation is 2. The Kier molecular flexibility index (Phi) is 6.29. The van der Waals surface area contributed by atoms with E-state index in [1.54, 1.807) is 31.2 Å². The molecule has 2 amide bonds. The van der Waals surface area contributed by atoms with Crippen molar-refractivity contribution in [3.8, 4) is 5.75 Å². The minimum Gasteiger partial charge on any atom is -0.481 e. The molecule has 3 aromatic rings. The maximum absolute atomic E-state index is 12.5. The highest BCUT2D eigenvalue weighted by Crippen LogP contribution is 2.19. The van der Waals surface area contributed by atoms with E-state index >= 15 is 0 Å². The second-order valence-electron chi connectivity index (χ2n) is 6.91. The molecule has 0 saturated carbocycles. The molecule has 0 unspecified atom stereocenters. The third-order valence-corrected chi connectivity index (χ3v) is 4.47. The Balaban J connectivity index is 1.59. The van der Waals surface area contributed by atoms with Crippen LogP contribution in [-0.2, 0) is 4.79 Å². The van der Waals surface area contributed by atoms with Gasteiger partial charge in [-0.15, -0.1) is 0 Å². The zero-order chi connectivity index (χ0) is 20.8. The number of benzene rings is 3. The first-order valence-electron chi connectivity index (χ1n) is 9.43. The summed E-state index contributed by atoms with van der Waals surface area (Å²) >= 11 is 0. The van der Waals surface area contributed by atoms with E-state index in [4.69, 9.17) is 4.74 Å². The first-order valence-corrected chi connectivity index (χ1v) is 9.43. The van der Waals surface area contributed by atoms with Crippen LogP contribution in [0.3, 0.4) is 0 Å². The van der Waals surface area contributed by atoms with Crippen molar-refractivity contribution in [3.63, 3.8) is 0 Å². The van der Waals surface area contributed by atoms with Gasteiger partial charge in [-0.1, -0.05) is 35.9 Å². The molecule has 0 aliphatic heterocycles. The van der Waals surface area contributed by atoms with Gasteiger partial charge in [0, 0.05) is 16.9 Å². The normalized spacial score (nSPS) is 11.4. The standard InChI is InChI=1S/C24H24N2O3/c1-16-9-14-22(17(2)15-16)26-24(28)19-10-12-21(13-11-19)29-18(3)23(27)25-20-7-5-4-6-8-20/h4-15,18H,1-3H3,(H,25,27)(H,26,28)/t18-/m1/s1. The summed E-state index contributed by atoms with van der Waals surface area (Å²) in [4.78, 5) is 24.7. The fourth-order valence-electron chi connectivity index (χ4n) is 2.86. The van der Waals surface area contributed by atoms with Gasteiger partial charge in [-0.05, 0) is 68.8 Å². The Morgan fingerprint density at radius 1 is 0.862 bits per heavy atom. The number of rotatable bonds is 6. The summed E-state index contributed by atoms with van der Waals surface area (Å²) in [7, 11) is 0. The van der Waals surface area contributed by atoms with Gasteiger partial charge in [-0.25, -0.2) is 0 Å². The molecule has 0 saturated heterocycles. The second kappa shape index (κ2) is 9.06. The molecule has 0 fully saturated rings. The SMILES string of the molecule is Cc1ccc(NC(=O)c2ccc(O[C@H](C)C(=O)Nc3ccccc3)cc2)c(C)c1. The summed E-state index contributed by atoms with van der Waals surface area (Å²) in [5.41, 5.74) is 4.17.